The fraction of sp³-hybridized carbons (Fsp3) is 0.0244. The molecule has 0 aliphatic rings. The second kappa shape index (κ2) is 12.6. The molecule has 0 unspecified atom stereocenters. The van der Waals surface area contributed by atoms with Gasteiger partial charge in [-0.15, -0.1) is 0 Å². The first-order valence-corrected chi connectivity index (χ1v) is 17.3. The van der Waals surface area contributed by atoms with Crippen LogP contribution in [0.15, 0.2) is 168 Å². The van der Waals surface area contributed by atoms with Crippen molar-refractivity contribution in [2.45, 2.75) is 5.51 Å². The molecule has 1 aromatic heterocycles. The van der Waals surface area contributed by atoms with E-state index < -0.39 is 21.4 Å². The second-order valence-corrected chi connectivity index (χ2v) is 13.2. The summed E-state index contributed by atoms with van der Waals surface area (Å²) in [5, 5.41) is 2.52. The van der Waals surface area contributed by atoms with Crippen LogP contribution in [0.1, 0.15) is 0 Å². The van der Waals surface area contributed by atoms with Gasteiger partial charge in [0.25, 0.3) is 0 Å². The summed E-state index contributed by atoms with van der Waals surface area (Å²) in [5.41, 5.74) is -1.25. The van der Waals surface area contributed by atoms with Crippen LogP contribution in [0.5, 0.6) is 5.75 Å². The Morgan fingerprint density at radius 1 is 0.529 bits per heavy atom. The Morgan fingerprint density at radius 3 is 1.51 bits per heavy atom. The Kier molecular flexibility index (Phi) is 7.88. The van der Waals surface area contributed by atoms with E-state index in [0.29, 0.717) is 27.7 Å². The van der Waals surface area contributed by atoms with Gasteiger partial charge in [0, 0.05) is 33.5 Å². The van der Waals surface area contributed by atoms with E-state index in [1.54, 1.807) is 6.07 Å². The van der Waals surface area contributed by atoms with Gasteiger partial charge in [0.05, 0.1) is 16.8 Å². The predicted molar refractivity (Wildman–Crippen MR) is 196 cm³/mol. The lowest BCUT2D eigenvalue weighted by Crippen LogP contribution is -2.28. The van der Waals surface area contributed by atoms with E-state index in [0.717, 1.165) is 33.5 Å². The van der Waals surface area contributed by atoms with Crippen LogP contribution in [0.2, 0.25) is 0 Å². The van der Waals surface area contributed by atoms with E-state index in [4.69, 9.17) is 8.60 Å². The van der Waals surface area contributed by atoms with Crippen LogP contribution in [-0.2, 0) is 10.1 Å². The average Bonchev–Trinajstić information content (AvgIpc) is 3.53. The monoisotopic (exact) mass is 700 g/mol. The van der Waals surface area contributed by atoms with E-state index in [1.165, 1.54) is 6.07 Å². The quantitative estimate of drug-likeness (QED) is 0.116. The summed E-state index contributed by atoms with van der Waals surface area (Å²) in [7, 11) is -6.05. The third-order valence-electron chi connectivity index (χ3n) is 8.55. The molecule has 8 aromatic rings. The fourth-order valence-electron chi connectivity index (χ4n) is 6.40. The van der Waals surface area contributed by atoms with Crippen molar-refractivity contribution in [1.82, 2.24) is 0 Å². The molecule has 6 nitrogen and oxygen atoms in total. The molecule has 0 spiro atoms. The molecule has 0 radical (unpaired) electrons. The maximum absolute atomic E-state index is 13.7. The standard InChI is InChI=1S/C41H27F3N2O4S/c42-41(43,44)51(47,48)50-36-26-25-35(45(29-16-5-1-6-17-29)30-18-7-2-8-19-30)37-34-27-28-15-13-14-24-33(28)38(39(34)49-40(36)37)46(31-20-9-3-10-21-31)32-22-11-4-12-23-32/h1-27H. The van der Waals surface area contributed by atoms with E-state index in [2.05, 4.69) is 0 Å². The largest absolute Gasteiger partial charge is 0.534 e. The number of alkyl halides is 3. The maximum atomic E-state index is 13.7. The van der Waals surface area contributed by atoms with Crippen molar-refractivity contribution in [3.05, 3.63) is 164 Å². The van der Waals surface area contributed by atoms with Crippen molar-refractivity contribution < 1.29 is 30.2 Å². The third-order valence-corrected chi connectivity index (χ3v) is 9.52. The van der Waals surface area contributed by atoms with Crippen molar-refractivity contribution in [2.24, 2.45) is 0 Å². The highest BCUT2D eigenvalue weighted by molar-refractivity contribution is 7.88. The second-order valence-electron chi connectivity index (χ2n) is 11.7. The van der Waals surface area contributed by atoms with Gasteiger partial charge >= 0.3 is 15.6 Å². The number of anilines is 6. The minimum Gasteiger partial charge on any atom is -0.450 e. The first-order chi connectivity index (χ1) is 24.7. The predicted octanol–water partition coefficient (Wildman–Crippen LogP) is 11.9. The summed E-state index contributed by atoms with van der Waals surface area (Å²) in [5.74, 6) is -0.593. The molecule has 7 aromatic carbocycles. The molecular formula is C41H27F3N2O4S. The fourth-order valence-corrected chi connectivity index (χ4v) is 6.86. The SMILES string of the molecule is O=S(=O)(Oc1ccc(N(c2ccccc2)c2ccccc2)c2c1oc1c(N(c3ccccc3)c3ccccc3)c3ccccc3cc12)C(F)(F)F. The summed E-state index contributed by atoms with van der Waals surface area (Å²) >= 11 is 0. The van der Waals surface area contributed by atoms with E-state index in [9.17, 15) is 21.6 Å². The Morgan fingerprint density at radius 2 is 1.00 bits per heavy atom. The topological polar surface area (TPSA) is 63.0 Å². The average molecular weight is 701 g/mol. The van der Waals surface area contributed by atoms with Crippen LogP contribution >= 0.6 is 0 Å². The summed E-state index contributed by atoms with van der Waals surface area (Å²) < 4.78 is 77.7. The molecule has 51 heavy (non-hydrogen) atoms. The molecule has 0 aliphatic carbocycles. The molecule has 0 saturated heterocycles. The number of rotatable bonds is 8. The van der Waals surface area contributed by atoms with Gasteiger partial charge < -0.3 is 18.4 Å². The van der Waals surface area contributed by atoms with E-state index in [-0.39, 0.29) is 5.58 Å². The minimum atomic E-state index is -6.05. The van der Waals surface area contributed by atoms with Gasteiger partial charge in [0.2, 0.25) is 0 Å². The van der Waals surface area contributed by atoms with Crippen LogP contribution in [0.3, 0.4) is 0 Å². The molecular weight excluding hydrogens is 674 g/mol. The van der Waals surface area contributed by atoms with Gasteiger partial charge in [-0.3, -0.25) is 0 Å². The van der Waals surface area contributed by atoms with Gasteiger partial charge in [0.15, 0.2) is 16.9 Å². The summed E-state index contributed by atoms with van der Waals surface area (Å²) in [6, 6.07) is 50.6. The smallest absolute Gasteiger partial charge is 0.450 e. The lowest BCUT2D eigenvalue weighted by molar-refractivity contribution is -0.0499. The highest BCUT2D eigenvalue weighted by atomic mass is 32.2. The van der Waals surface area contributed by atoms with Gasteiger partial charge in [-0.05, 0) is 72.1 Å². The summed E-state index contributed by atoms with van der Waals surface area (Å²) in [4.78, 5) is 3.96. The van der Waals surface area contributed by atoms with Crippen LogP contribution in [0, 0.1) is 0 Å². The molecule has 10 heteroatoms. The number of hydrogen-bond donors (Lipinski definition) is 0. The number of hydrogen-bond acceptors (Lipinski definition) is 6. The molecule has 1 heterocycles. The van der Waals surface area contributed by atoms with E-state index in [1.807, 2.05) is 161 Å². The molecule has 0 bridgehead atoms. The molecule has 0 N–H and O–H groups in total. The number of nitrogens with zero attached hydrogens (tertiary/aromatic N) is 2. The Bertz CT molecular complexity index is 2540. The van der Waals surface area contributed by atoms with Crippen molar-refractivity contribution in [3.63, 3.8) is 0 Å². The maximum Gasteiger partial charge on any atom is 0.534 e. The normalized spacial score (nSPS) is 12.0. The van der Waals surface area contributed by atoms with Gasteiger partial charge in [-0.25, -0.2) is 0 Å². The van der Waals surface area contributed by atoms with Crippen LogP contribution in [0.4, 0.5) is 47.3 Å². The van der Waals surface area contributed by atoms with Crippen molar-refractivity contribution in [3.8, 4) is 5.75 Å². The van der Waals surface area contributed by atoms with Gasteiger partial charge in [0.1, 0.15) is 0 Å². The molecule has 0 atom stereocenters. The zero-order valence-electron chi connectivity index (χ0n) is 26.7. The number of furan rings is 1. The van der Waals surface area contributed by atoms with Crippen molar-refractivity contribution in [2.75, 3.05) is 9.80 Å². The number of halogens is 3. The number of para-hydroxylation sites is 4. The van der Waals surface area contributed by atoms with Gasteiger partial charge in [-0.2, -0.15) is 21.6 Å². The Hall–Kier alpha value is -6.26. The van der Waals surface area contributed by atoms with E-state index >= 15 is 0 Å². The summed E-state index contributed by atoms with van der Waals surface area (Å²) in [6.07, 6.45) is 0. The zero-order chi connectivity index (χ0) is 35.2. The third kappa shape index (κ3) is 5.69. The van der Waals surface area contributed by atoms with Crippen molar-refractivity contribution in [1.29, 1.82) is 0 Å². The van der Waals surface area contributed by atoms with Crippen molar-refractivity contribution >= 4 is 77.0 Å². The number of fused-ring (bicyclic) bond motifs is 4. The minimum absolute atomic E-state index is 0.162. The van der Waals surface area contributed by atoms with Crippen LogP contribution < -0.4 is 14.0 Å². The Balaban J connectivity index is 1.53. The first-order valence-electron chi connectivity index (χ1n) is 15.9. The highest BCUT2D eigenvalue weighted by Gasteiger charge is 2.49. The first kappa shape index (κ1) is 32.0. The van der Waals surface area contributed by atoms with Gasteiger partial charge in [-0.1, -0.05) is 97.1 Å². The van der Waals surface area contributed by atoms with Crippen LogP contribution in [-0.4, -0.2) is 13.9 Å². The molecule has 0 amide bonds. The lowest BCUT2D eigenvalue weighted by atomic mass is 10.0. The molecule has 0 fully saturated rings. The summed E-state index contributed by atoms with van der Waals surface area (Å²) in [6.45, 7) is 0. The Labute approximate surface area is 291 Å². The van der Waals surface area contributed by atoms with Crippen LogP contribution in [0.25, 0.3) is 32.7 Å². The number of benzene rings is 7. The highest BCUT2D eigenvalue weighted by Crippen LogP contribution is 2.51. The molecule has 8 rings (SSSR count). The lowest BCUT2D eigenvalue weighted by Gasteiger charge is -2.27. The molecule has 252 valence electrons. The molecule has 0 aliphatic heterocycles. The zero-order valence-corrected chi connectivity index (χ0v) is 27.5. The molecule has 0 saturated carbocycles.